The lowest BCUT2D eigenvalue weighted by atomic mass is 10.1. The second-order valence-corrected chi connectivity index (χ2v) is 4.81. The number of hydrogen-bond acceptors (Lipinski definition) is 3. The largest absolute Gasteiger partial charge is 0.508 e. The van der Waals surface area contributed by atoms with Gasteiger partial charge in [-0.15, -0.1) is 0 Å². The maximum Gasteiger partial charge on any atom is 0.259 e. The Labute approximate surface area is 125 Å². The van der Waals surface area contributed by atoms with Crippen LogP contribution in [-0.4, -0.2) is 18.1 Å². The number of carbonyl (C=O) groups is 1. The van der Waals surface area contributed by atoms with E-state index in [1.165, 1.54) is 31.4 Å². The third-order valence-corrected chi connectivity index (χ3v) is 3.08. The lowest BCUT2D eigenvalue weighted by Gasteiger charge is -2.11. The number of hydrogen-bond donors (Lipinski definition) is 2. The molecule has 0 heterocycles. The van der Waals surface area contributed by atoms with Crippen LogP contribution in [0.15, 0.2) is 36.4 Å². The summed E-state index contributed by atoms with van der Waals surface area (Å²) in [7, 11) is 1.42. The summed E-state index contributed by atoms with van der Waals surface area (Å²) >= 11 is 11.9. The fourth-order valence-electron chi connectivity index (χ4n) is 1.68. The van der Waals surface area contributed by atoms with Gasteiger partial charge in [0.25, 0.3) is 5.91 Å². The Hall–Kier alpha value is -1.91. The Kier molecular flexibility index (Phi) is 4.37. The highest BCUT2D eigenvalue weighted by molar-refractivity contribution is 6.36. The summed E-state index contributed by atoms with van der Waals surface area (Å²) in [6, 6.07) is 9.06. The first-order valence-corrected chi connectivity index (χ1v) is 6.40. The van der Waals surface area contributed by atoms with Crippen LogP contribution in [-0.2, 0) is 0 Å². The van der Waals surface area contributed by atoms with E-state index in [9.17, 15) is 9.90 Å². The summed E-state index contributed by atoms with van der Waals surface area (Å²) in [4.78, 5) is 12.2. The molecule has 104 valence electrons. The van der Waals surface area contributed by atoms with Crippen molar-refractivity contribution in [3.05, 3.63) is 52.0 Å². The average molecular weight is 312 g/mol. The maximum atomic E-state index is 12.2. The first-order chi connectivity index (χ1) is 9.51. The van der Waals surface area contributed by atoms with Gasteiger partial charge in [0, 0.05) is 10.7 Å². The van der Waals surface area contributed by atoms with Crippen molar-refractivity contribution in [3.8, 4) is 11.5 Å². The van der Waals surface area contributed by atoms with Gasteiger partial charge in [0.1, 0.15) is 11.5 Å². The number of ether oxygens (including phenoxy) is 1. The van der Waals surface area contributed by atoms with Gasteiger partial charge in [-0.3, -0.25) is 4.79 Å². The van der Waals surface area contributed by atoms with E-state index >= 15 is 0 Å². The molecular formula is C14H11Cl2NO3. The van der Waals surface area contributed by atoms with Gasteiger partial charge in [-0.2, -0.15) is 0 Å². The topological polar surface area (TPSA) is 58.6 Å². The van der Waals surface area contributed by atoms with Crippen molar-refractivity contribution in [2.75, 3.05) is 12.4 Å². The smallest absolute Gasteiger partial charge is 0.259 e. The normalized spacial score (nSPS) is 10.2. The van der Waals surface area contributed by atoms with Crippen LogP contribution in [0.4, 0.5) is 5.69 Å². The number of nitrogens with one attached hydrogen (secondary N) is 1. The number of carbonyl (C=O) groups excluding carboxylic acids is 1. The molecule has 2 aromatic rings. The van der Waals surface area contributed by atoms with E-state index < -0.39 is 5.91 Å². The highest BCUT2D eigenvalue weighted by Gasteiger charge is 2.16. The van der Waals surface area contributed by atoms with Gasteiger partial charge in [0.15, 0.2) is 0 Å². The molecule has 2 rings (SSSR count). The third kappa shape index (κ3) is 3.15. The van der Waals surface area contributed by atoms with Gasteiger partial charge in [-0.25, -0.2) is 0 Å². The Bertz CT molecular complexity index is 642. The van der Waals surface area contributed by atoms with Gasteiger partial charge >= 0.3 is 0 Å². The number of benzene rings is 2. The fraction of sp³-hybridized carbons (Fsp3) is 0.0714. The van der Waals surface area contributed by atoms with Gasteiger partial charge in [0.2, 0.25) is 0 Å². The van der Waals surface area contributed by atoms with Crippen molar-refractivity contribution in [1.82, 2.24) is 0 Å². The molecule has 0 unspecified atom stereocenters. The van der Waals surface area contributed by atoms with E-state index in [-0.39, 0.29) is 22.1 Å². The number of aromatic hydroxyl groups is 1. The summed E-state index contributed by atoms with van der Waals surface area (Å²) in [6.07, 6.45) is 0. The molecule has 0 saturated carbocycles. The molecule has 20 heavy (non-hydrogen) atoms. The van der Waals surface area contributed by atoms with Crippen LogP contribution in [0.2, 0.25) is 10.0 Å². The van der Waals surface area contributed by atoms with Crippen molar-refractivity contribution in [3.63, 3.8) is 0 Å². The van der Waals surface area contributed by atoms with Crippen molar-refractivity contribution in [2.45, 2.75) is 0 Å². The van der Waals surface area contributed by atoms with Crippen LogP contribution >= 0.6 is 23.2 Å². The predicted molar refractivity (Wildman–Crippen MR) is 79.1 cm³/mol. The molecule has 2 N–H and O–H groups in total. The van der Waals surface area contributed by atoms with E-state index in [4.69, 9.17) is 27.9 Å². The molecule has 0 aliphatic heterocycles. The molecule has 0 aromatic heterocycles. The molecule has 6 heteroatoms. The molecule has 4 nitrogen and oxygen atoms in total. The molecule has 0 atom stereocenters. The Morgan fingerprint density at radius 2 is 1.85 bits per heavy atom. The molecule has 0 radical (unpaired) electrons. The molecule has 0 aliphatic rings. The van der Waals surface area contributed by atoms with Crippen LogP contribution < -0.4 is 10.1 Å². The SMILES string of the molecule is COc1c(Cl)cc(Cl)cc1C(=O)Nc1ccc(O)cc1. The Morgan fingerprint density at radius 1 is 1.20 bits per heavy atom. The van der Waals surface area contributed by atoms with E-state index in [0.717, 1.165) is 0 Å². The standard InChI is InChI=1S/C14H11Cl2NO3/c1-20-13-11(6-8(15)7-12(13)16)14(19)17-9-2-4-10(18)5-3-9/h2-7,18H,1H3,(H,17,19). The fourth-order valence-corrected chi connectivity index (χ4v) is 2.25. The monoisotopic (exact) mass is 311 g/mol. The van der Waals surface area contributed by atoms with Crippen molar-refractivity contribution < 1.29 is 14.6 Å². The van der Waals surface area contributed by atoms with Crippen molar-refractivity contribution >= 4 is 34.8 Å². The molecule has 0 fully saturated rings. The van der Waals surface area contributed by atoms with Crippen LogP contribution in [0.5, 0.6) is 11.5 Å². The summed E-state index contributed by atoms with van der Waals surface area (Å²) < 4.78 is 5.12. The number of rotatable bonds is 3. The molecule has 2 aromatic carbocycles. The van der Waals surface area contributed by atoms with Crippen molar-refractivity contribution in [2.24, 2.45) is 0 Å². The van der Waals surface area contributed by atoms with Crippen LogP contribution in [0.3, 0.4) is 0 Å². The molecule has 0 saturated heterocycles. The van der Waals surface area contributed by atoms with E-state index in [2.05, 4.69) is 5.32 Å². The van der Waals surface area contributed by atoms with Crippen LogP contribution in [0.25, 0.3) is 0 Å². The van der Waals surface area contributed by atoms with Crippen molar-refractivity contribution in [1.29, 1.82) is 0 Å². The third-order valence-electron chi connectivity index (χ3n) is 2.58. The van der Waals surface area contributed by atoms with Crippen LogP contribution in [0, 0.1) is 0 Å². The highest BCUT2D eigenvalue weighted by Crippen LogP contribution is 2.32. The average Bonchev–Trinajstić information content (AvgIpc) is 2.40. The minimum atomic E-state index is -0.406. The molecule has 1 amide bonds. The summed E-state index contributed by atoms with van der Waals surface area (Å²) in [6.45, 7) is 0. The molecular weight excluding hydrogens is 301 g/mol. The quantitative estimate of drug-likeness (QED) is 0.843. The number of phenolic OH excluding ortho intramolecular Hbond substituents is 1. The second-order valence-electron chi connectivity index (χ2n) is 3.97. The number of anilines is 1. The Morgan fingerprint density at radius 3 is 2.45 bits per heavy atom. The molecule has 0 bridgehead atoms. The number of phenols is 1. The molecule has 0 spiro atoms. The minimum absolute atomic E-state index is 0.117. The van der Waals surface area contributed by atoms with Crippen LogP contribution in [0.1, 0.15) is 10.4 Å². The second kappa shape index (κ2) is 6.03. The lowest BCUT2D eigenvalue weighted by Crippen LogP contribution is -2.13. The lowest BCUT2D eigenvalue weighted by molar-refractivity contribution is 0.102. The number of halogens is 2. The molecule has 0 aliphatic carbocycles. The summed E-state index contributed by atoms with van der Waals surface area (Å²) in [5.41, 5.74) is 0.768. The summed E-state index contributed by atoms with van der Waals surface area (Å²) in [5, 5.41) is 12.5. The predicted octanol–water partition coefficient (Wildman–Crippen LogP) is 3.96. The summed E-state index contributed by atoms with van der Waals surface area (Å²) in [5.74, 6) is -0.0318. The van der Waals surface area contributed by atoms with E-state index in [1.807, 2.05) is 0 Å². The van der Waals surface area contributed by atoms with E-state index in [1.54, 1.807) is 12.1 Å². The Balaban J connectivity index is 2.31. The van der Waals surface area contributed by atoms with Gasteiger partial charge in [-0.05, 0) is 36.4 Å². The number of amides is 1. The first-order valence-electron chi connectivity index (χ1n) is 5.64. The maximum absolute atomic E-state index is 12.2. The number of methoxy groups -OCH3 is 1. The van der Waals surface area contributed by atoms with Gasteiger partial charge in [-0.1, -0.05) is 23.2 Å². The zero-order valence-electron chi connectivity index (χ0n) is 10.5. The van der Waals surface area contributed by atoms with E-state index in [0.29, 0.717) is 10.7 Å². The highest BCUT2D eigenvalue weighted by atomic mass is 35.5. The zero-order chi connectivity index (χ0) is 14.7. The first kappa shape index (κ1) is 14.5. The van der Waals surface area contributed by atoms with Gasteiger partial charge < -0.3 is 15.2 Å². The zero-order valence-corrected chi connectivity index (χ0v) is 12.0. The minimum Gasteiger partial charge on any atom is -0.508 e. The van der Waals surface area contributed by atoms with Gasteiger partial charge in [0.05, 0.1) is 17.7 Å².